The van der Waals surface area contributed by atoms with Crippen LogP contribution in [0.25, 0.3) is 11.0 Å². The van der Waals surface area contributed by atoms with Gasteiger partial charge in [0.2, 0.25) is 11.5 Å². The Bertz CT molecular complexity index is 657. The molecule has 7 nitrogen and oxygen atoms in total. The number of aryl methyl sites for hydroxylation is 1. The van der Waals surface area contributed by atoms with E-state index in [1.165, 1.54) is 19.2 Å². The van der Waals surface area contributed by atoms with E-state index in [-0.39, 0.29) is 22.8 Å². The van der Waals surface area contributed by atoms with Gasteiger partial charge in [-0.05, 0) is 13.0 Å². The molecule has 94 valence electrons. The monoisotopic (exact) mass is 251 g/mol. The standard InChI is InChI=1S/C11H9NO6/c1-5-6-3-4-7(12(15)16)10(17-2)9(6)18-8(5)11(13)14/h3-4H,1-2H3,(H,13,14). The molecule has 0 fully saturated rings. The van der Waals surface area contributed by atoms with Gasteiger partial charge in [0.1, 0.15) is 0 Å². The fourth-order valence-electron chi connectivity index (χ4n) is 1.79. The largest absolute Gasteiger partial charge is 0.488 e. The molecule has 0 aliphatic carbocycles. The highest BCUT2D eigenvalue weighted by molar-refractivity contribution is 5.98. The van der Waals surface area contributed by atoms with Crippen LogP contribution in [0.5, 0.6) is 5.75 Å². The molecule has 1 aromatic carbocycles. The number of benzene rings is 1. The second kappa shape index (κ2) is 4.02. The Morgan fingerprint density at radius 3 is 2.67 bits per heavy atom. The number of nitro groups is 1. The molecule has 0 aliphatic rings. The minimum Gasteiger partial charge on any atom is -0.488 e. The number of nitro benzene ring substituents is 1. The van der Waals surface area contributed by atoms with Gasteiger partial charge in [0, 0.05) is 17.0 Å². The summed E-state index contributed by atoms with van der Waals surface area (Å²) in [5.41, 5.74) is 0.211. The number of nitrogens with zero attached hydrogens (tertiary/aromatic N) is 1. The van der Waals surface area contributed by atoms with Crippen molar-refractivity contribution < 1.29 is 24.0 Å². The topological polar surface area (TPSA) is 103 Å². The van der Waals surface area contributed by atoms with Crippen molar-refractivity contribution in [3.05, 3.63) is 33.6 Å². The van der Waals surface area contributed by atoms with Crippen LogP contribution in [0.4, 0.5) is 5.69 Å². The van der Waals surface area contributed by atoms with Crippen LogP contribution in [0.3, 0.4) is 0 Å². The van der Waals surface area contributed by atoms with Crippen LogP contribution in [0.15, 0.2) is 16.5 Å². The van der Waals surface area contributed by atoms with E-state index >= 15 is 0 Å². The first-order chi connectivity index (χ1) is 8.47. The van der Waals surface area contributed by atoms with Gasteiger partial charge in [-0.15, -0.1) is 0 Å². The smallest absolute Gasteiger partial charge is 0.372 e. The van der Waals surface area contributed by atoms with E-state index in [4.69, 9.17) is 14.3 Å². The number of methoxy groups -OCH3 is 1. The second-order valence-corrected chi connectivity index (χ2v) is 3.61. The summed E-state index contributed by atoms with van der Waals surface area (Å²) in [7, 11) is 1.26. The first kappa shape index (κ1) is 11.9. The molecule has 0 atom stereocenters. The maximum Gasteiger partial charge on any atom is 0.372 e. The summed E-state index contributed by atoms with van der Waals surface area (Å²) in [6.45, 7) is 1.57. The van der Waals surface area contributed by atoms with Crippen LogP contribution in [0, 0.1) is 17.0 Å². The van der Waals surface area contributed by atoms with Gasteiger partial charge in [-0.1, -0.05) is 0 Å². The van der Waals surface area contributed by atoms with Gasteiger partial charge >= 0.3 is 11.7 Å². The Labute approximate surface area is 101 Å². The van der Waals surface area contributed by atoms with Gasteiger partial charge in [0.05, 0.1) is 12.0 Å². The molecular weight excluding hydrogens is 242 g/mol. The van der Waals surface area contributed by atoms with Gasteiger partial charge in [0.25, 0.3) is 0 Å². The fourth-order valence-corrected chi connectivity index (χ4v) is 1.79. The average Bonchev–Trinajstić information content (AvgIpc) is 2.65. The van der Waals surface area contributed by atoms with Crippen molar-refractivity contribution in [1.29, 1.82) is 0 Å². The van der Waals surface area contributed by atoms with E-state index in [0.717, 1.165) is 0 Å². The molecule has 0 spiro atoms. The number of carbonyl (C=O) groups is 1. The van der Waals surface area contributed by atoms with Crippen LogP contribution in [-0.4, -0.2) is 23.1 Å². The molecule has 1 aromatic heterocycles. The van der Waals surface area contributed by atoms with Crippen molar-refractivity contribution in [3.8, 4) is 5.75 Å². The summed E-state index contributed by atoms with van der Waals surface area (Å²) in [5, 5.41) is 20.2. The Morgan fingerprint density at radius 2 is 2.17 bits per heavy atom. The lowest BCUT2D eigenvalue weighted by Crippen LogP contribution is -1.94. The molecule has 0 unspecified atom stereocenters. The summed E-state index contributed by atoms with van der Waals surface area (Å²) in [5.74, 6) is -1.55. The van der Waals surface area contributed by atoms with Gasteiger partial charge in [0.15, 0.2) is 5.58 Å². The molecule has 0 saturated heterocycles. The van der Waals surface area contributed by atoms with Crippen LogP contribution in [0.2, 0.25) is 0 Å². The predicted octanol–water partition coefficient (Wildman–Crippen LogP) is 2.36. The Hall–Kier alpha value is -2.57. The Balaban J connectivity index is 2.85. The van der Waals surface area contributed by atoms with E-state index in [1.807, 2.05) is 0 Å². The number of furan rings is 1. The van der Waals surface area contributed by atoms with Gasteiger partial charge < -0.3 is 14.3 Å². The van der Waals surface area contributed by atoms with Crippen molar-refractivity contribution >= 4 is 22.6 Å². The molecule has 0 saturated carbocycles. The van der Waals surface area contributed by atoms with Crippen LogP contribution in [0.1, 0.15) is 16.1 Å². The molecule has 0 amide bonds. The minimum absolute atomic E-state index is 0.0709. The summed E-state index contributed by atoms with van der Waals surface area (Å²) >= 11 is 0. The maximum atomic E-state index is 10.9. The lowest BCUT2D eigenvalue weighted by Gasteiger charge is -2.01. The second-order valence-electron chi connectivity index (χ2n) is 3.61. The molecule has 0 bridgehead atoms. The van der Waals surface area contributed by atoms with Crippen molar-refractivity contribution in [2.24, 2.45) is 0 Å². The zero-order valence-electron chi connectivity index (χ0n) is 9.59. The Kier molecular flexibility index (Phi) is 2.66. The third-order valence-electron chi connectivity index (χ3n) is 2.64. The molecule has 0 radical (unpaired) electrons. The van der Waals surface area contributed by atoms with Gasteiger partial charge in [-0.25, -0.2) is 4.79 Å². The maximum absolute atomic E-state index is 10.9. The summed E-state index contributed by atoms with van der Waals surface area (Å²) in [4.78, 5) is 21.1. The zero-order chi connectivity index (χ0) is 13.4. The number of rotatable bonds is 3. The number of aromatic carboxylic acids is 1. The normalized spacial score (nSPS) is 10.6. The van der Waals surface area contributed by atoms with Crippen LogP contribution < -0.4 is 4.74 Å². The van der Waals surface area contributed by atoms with Crippen molar-refractivity contribution in [1.82, 2.24) is 0 Å². The number of hydrogen-bond acceptors (Lipinski definition) is 5. The van der Waals surface area contributed by atoms with E-state index < -0.39 is 10.9 Å². The summed E-state index contributed by atoms with van der Waals surface area (Å²) < 4.78 is 10.1. The molecule has 0 aliphatic heterocycles. The quantitative estimate of drug-likeness (QED) is 0.663. The van der Waals surface area contributed by atoms with E-state index in [9.17, 15) is 14.9 Å². The predicted molar refractivity (Wildman–Crippen MR) is 61.1 cm³/mol. The Morgan fingerprint density at radius 1 is 1.50 bits per heavy atom. The van der Waals surface area contributed by atoms with Gasteiger partial charge in [-0.3, -0.25) is 10.1 Å². The number of carboxylic acid groups (broad SMARTS) is 1. The number of ether oxygens (including phenoxy) is 1. The van der Waals surface area contributed by atoms with Gasteiger partial charge in [-0.2, -0.15) is 0 Å². The molecule has 2 aromatic rings. The molecule has 1 N–H and O–H groups in total. The number of fused-ring (bicyclic) bond motifs is 1. The average molecular weight is 251 g/mol. The minimum atomic E-state index is -1.23. The molecule has 1 heterocycles. The van der Waals surface area contributed by atoms with E-state index in [0.29, 0.717) is 10.9 Å². The first-order valence-corrected chi connectivity index (χ1v) is 4.95. The van der Waals surface area contributed by atoms with Crippen LogP contribution >= 0.6 is 0 Å². The molecule has 18 heavy (non-hydrogen) atoms. The molecule has 2 rings (SSSR count). The highest BCUT2D eigenvalue weighted by atomic mass is 16.6. The third-order valence-corrected chi connectivity index (χ3v) is 2.64. The van der Waals surface area contributed by atoms with Crippen molar-refractivity contribution in [3.63, 3.8) is 0 Å². The van der Waals surface area contributed by atoms with E-state index in [2.05, 4.69) is 0 Å². The zero-order valence-corrected chi connectivity index (χ0v) is 9.59. The van der Waals surface area contributed by atoms with E-state index in [1.54, 1.807) is 6.92 Å². The number of hydrogen-bond donors (Lipinski definition) is 1. The molecular formula is C11H9NO6. The first-order valence-electron chi connectivity index (χ1n) is 4.95. The van der Waals surface area contributed by atoms with Crippen LogP contribution in [-0.2, 0) is 0 Å². The highest BCUT2D eigenvalue weighted by Crippen LogP contribution is 2.38. The number of carboxylic acids is 1. The molecule has 7 heteroatoms. The van der Waals surface area contributed by atoms with Crippen molar-refractivity contribution in [2.75, 3.05) is 7.11 Å². The SMILES string of the molecule is COc1c([N+](=O)[O-])ccc2c(C)c(C(=O)O)oc12. The van der Waals surface area contributed by atoms with Crippen molar-refractivity contribution in [2.45, 2.75) is 6.92 Å². The lowest BCUT2D eigenvalue weighted by atomic mass is 10.1. The highest BCUT2D eigenvalue weighted by Gasteiger charge is 2.25. The third kappa shape index (κ3) is 1.56. The fraction of sp³-hybridized carbons (Fsp3) is 0.182. The summed E-state index contributed by atoms with van der Waals surface area (Å²) in [6.07, 6.45) is 0. The summed E-state index contributed by atoms with van der Waals surface area (Å²) in [6, 6.07) is 2.70. The lowest BCUT2D eigenvalue weighted by molar-refractivity contribution is -0.385.